The maximum atomic E-state index is 12.6. The number of unbranched alkanes of at least 4 members (excludes halogenated alkanes) is 1. The van der Waals surface area contributed by atoms with Gasteiger partial charge in [0.15, 0.2) is 0 Å². The first-order valence-electron chi connectivity index (χ1n) is 6.00. The predicted octanol–water partition coefficient (Wildman–Crippen LogP) is 3.43. The van der Waals surface area contributed by atoms with E-state index in [0.717, 1.165) is 16.4 Å². The average molecular weight is 391 g/mol. The van der Waals surface area contributed by atoms with Crippen molar-refractivity contribution in [1.82, 2.24) is 4.31 Å². The number of hydrogen-bond acceptors (Lipinski definition) is 2. The Balaban J connectivity index is 3.02. The predicted molar refractivity (Wildman–Crippen MR) is 87.5 cm³/mol. The summed E-state index contributed by atoms with van der Waals surface area (Å²) in [4.78, 5) is 0.357. The Labute approximate surface area is 129 Å². The van der Waals surface area contributed by atoms with Gasteiger partial charge in [0.25, 0.3) is 0 Å². The highest BCUT2D eigenvalue weighted by atomic mass is 127. The Kier molecular flexibility index (Phi) is 6.74. The molecule has 0 bridgehead atoms. The second-order valence-corrected chi connectivity index (χ2v) is 7.08. The van der Waals surface area contributed by atoms with Crippen LogP contribution < -0.4 is 0 Å². The molecule has 0 spiro atoms. The van der Waals surface area contributed by atoms with E-state index in [1.807, 2.05) is 28.7 Å². The zero-order valence-corrected chi connectivity index (χ0v) is 13.7. The smallest absolute Gasteiger partial charge is 0.207 e. The van der Waals surface area contributed by atoms with Gasteiger partial charge < -0.3 is 0 Å². The van der Waals surface area contributed by atoms with Crippen LogP contribution in [0.5, 0.6) is 0 Å². The number of halogens is 1. The minimum Gasteiger partial charge on any atom is -0.207 e. The van der Waals surface area contributed by atoms with Crippen molar-refractivity contribution in [1.29, 1.82) is 0 Å². The standard InChI is InChI=1S/C14H18INO2S/c1-3-5-8-12-16(11-4-2)19(17,18)14-10-7-6-9-13(14)15/h3-4,6-7,9-10H,1-2,5,8,11-12H2. The van der Waals surface area contributed by atoms with Gasteiger partial charge in [-0.3, -0.25) is 0 Å². The van der Waals surface area contributed by atoms with Gasteiger partial charge in [-0.2, -0.15) is 4.31 Å². The SMILES string of the molecule is C=CCCCN(CC=C)S(=O)(=O)c1ccccc1I. The molecule has 5 heteroatoms. The molecule has 0 aliphatic heterocycles. The van der Waals surface area contributed by atoms with Crippen LogP contribution in [0.4, 0.5) is 0 Å². The van der Waals surface area contributed by atoms with Crippen molar-refractivity contribution >= 4 is 32.6 Å². The zero-order valence-electron chi connectivity index (χ0n) is 10.8. The first kappa shape index (κ1) is 16.4. The number of rotatable bonds is 8. The third-order valence-corrected chi connectivity index (χ3v) is 5.83. The molecule has 0 unspecified atom stereocenters. The summed E-state index contributed by atoms with van der Waals surface area (Å²) >= 11 is 2.04. The van der Waals surface area contributed by atoms with E-state index in [2.05, 4.69) is 13.2 Å². The summed E-state index contributed by atoms with van der Waals surface area (Å²) < 4.78 is 27.4. The maximum absolute atomic E-state index is 12.6. The van der Waals surface area contributed by atoms with Gasteiger partial charge in [-0.25, -0.2) is 8.42 Å². The van der Waals surface area contributed by atoms with Crippen molar-refractivity contribution in [2.45, 2.75) is 17.7 Å². The van der Waals surface area contributed by atoms with Crippen molar-refractivity contribution in [3.05, 3.63) is 53.1 Å². The number of hydrogen-bond donors (Lipinski definition) is 0. The number of nitrogens with zero attached hydrogens (tertiary/aromatic N) is 1. The van der Waals surface area contributed by atoms with Crippen LogP contribution in [0.2, 0.25) is 0 Å². The van der Waals surface area contributed by atoms with Crippen LogP contribution in [-0.2, 0) is 10.0 Å². The van der Waals surface area contributed by atoms with Crippen LogP contribution >= 0.6 is 22.6 Å². The van der Waals surface area contributed by atoms with E-state index in [9.17, 15) is 8.42 Å². The second-order valence-electron chi connectivity index (χ2n) is 4.01. The molecule has 0 saturated carbocycles. The fraction of sp³-hybridized carbons (Fsp3) is 0.286. The number of sulfonamides is 1. The molecule has 19 heavy (non-hydrogen) atoms. The van der Waals surface area contributed by atoms with Crippen molar-refractivity contribution < 1.29 is 8.42 Å². The van der Waals surface area contributed by atoms with E-state index >= 15 is 0 Å². The van der Waals surface area contributed by atoms with Crippen molar-refractivity contribution in [2.75, 3.05) is 13.1 Å². The lowest BCUT2D eigenvalue weighted by atomic mass is 10.3. The number of benzene rings is 1. The third-order valence-electron chi connectivity index (χ3n) is 2.60. The zero-order chi connectivity index (χ0) is 14.3. The lowest BCUT2D eigenvalue weighted by molar-refractivity contribution is 0.435. The summed E-state index contributed by atoms with van der Waals surface area (Å²) in [5.41, 5.74) is 0. The molecule has 0 heterocycles. The Bertz CT molecular complexity index is 540. The lowest BCUT2D eigenvalue weighted by Crippen LogP contribution is -2.32. The quantitative estimate of drug-likeness (QED) is 0.387. The molecule has 0 aromatic heterocycles. The molecular formula is C14H18INO2S. The monoisotopic (exact) mass is 391 g/mol. The van der Waals surface area contributed by atoms with Gasteiger partial charge in [0.2, 0.25) is 10.0 Å². The van der Waals surface area contributed by atoms with E-state index in [1.165, 1.54) is 4.31 Å². The van der Waals surface area contributed by atoms with Crippen molar-refractivity contribution in [3.8, 4) is 0 Å². The summed E-state index contributed by atoms with van der Waals surface area (Å²) in [7, 11) is -3.45. The summed E-state index contributed by atoms with van der Waals surface area (Å²) in [6.07, 6.45) is 4.97. The molecule has 104 valence electrons. The van der Waals surface area contributed by atoms with Crippen LogP contribution in [0.25, 0.3) is 0 Å². The van der Waals surface area contributed by atoms with Crippen LogP contribution in [-0.4, -0.2) is 25.8 Å². The Morgan fingerprint density at radius 1 is 1.21 bits per heavy atom. The highest BCUT2D eigenvalue weighted by Gasteiger charge is 2.24. The highest BCUT2D eigenvalue weighted by molar-refractivity contribution is 14.1. The normalized spacial score (nSPS) is 11.5. The van der Waals surface area contributed by atoms with E-state index in [4.69, 9.17) is 0 Å². The number of allylic oxidation sites excluding steroid dienone is 1. The molecule has 1 aromatic carbocycles. The topological polar surface area (TPSA) is 37.4 Å². The minimum absolute atomic E-state index is 0.324. The third kappa shape index (κ3) is 4.43. The van der Waals surface area contributed by atoms with Gasteiger partial charge in [0.05, 0.1) is 4.90 Å². The Morgan fingerprint density at radius 2 is 1.89 bits per heavy atom. The van der Waals surface area contributed by atoms with Crippen molar-refractivity contribution in [2.24, 2.45) is 0 Å². The van der Waals surface area contributed by atoms with Gasteiger partial charge in [-0.1, -0.05) is 24.3 Å². The van der Waals surface area contributed by atoms with Crippen molar-refractivity contribution in [3.63, 3.8) is 0 Å². The van der Waals surface area contributed by atoms with Crippen LogP contribution in [0.15, 0.2) is 54.5 Å². The maximum Gasteiger partial charge on any atom is 0.244 e. The van der Waals surface area contributed by atoms with Crippen LogP contribution in [0.3, 0.4) is 0 Å². The molecule has 3 nitrogen and oxygen atoms in total. The fourth-order valence-electron chi connectivity index (χ4n) is 1.66. The van der Waals surface area contributed by atoms with E-state index in [1.54, 1.807) is 30.4 Å². The van der Waals surface area contributed by atoms with Crippen LogP contribution in [0, 0.1) is 3.57 Å². The molecule has 1 aromatic rings. The van der Waals surface area contributed by atoms with Gasteiger partial charge in [-0.15, -0.1) is 13.2 Å². The largest absolute Gasteiger partial charge is 0.244 e. The first-order valence-corrected chi connectivity index (χ1v) is 8.52. The van der Waals surface area contributed by atoms with E-state index < -0.39 is 10.0 Å². The molecule has 0 saturated heterocycles. The second kappa shape index (κ2) is 7.81. The Hall–Kier alpha value is -0.660. The Morgan fingerprint density at radius 3 is 2.47 bits per heavy atom. The van der Waals surface area contributed by atoms with Gasteiger partial charge >= 0.3 is 0 Å². The van der Waals surface area contributed by atoms with Gasteiger partial charge in [0, 0.05) is 16.7 Å². The minimum atomic E-state index is -3.45. The molecule has 0 radical (unpaired) electrons. The average Bonchev–Trinajstić information content (AvgIpc) is 2.38. The first-order chi connectivity index (χ1) is 9.04. The summed E-state index contributed by atoms with van der Waals surface area (Å²) in [6.45, 7) is 8.08. The van der Waals surface area contributed by atoms with E-state index in [-0.39, 0.29) is 0 Å². The molecule has 0 amide bonds. The molecule has 0 aliphatic carbocycles. The summed E-state index contributed by atoms with van der Waals surface area (Å²) in [6, 6.07) is 7.01. The molecule has 1 rings (SSSR count). The van der Waals surface area contributed by atoms with E-state index in [0.29, 0.717) is 18.0 Å². The summed E-state index contributed by atoms with van der Waals surface area (Å²) in [5, 5.41) is 0. The molecule has 0 N–H and O–H groups in total. The van der Waals surface area contributed by atoms with Crippen LogP contribution in [0.1, 0.15) is 12.8 Å². The van der Waals surface area contributed by atoms with Gasteiger partial charge in [0.1, 0.15) is 0 Å². The molecule has 0 aliphatic rings. The molecule has 0 atom stereocenters. The molecule has 0 fully saturated rings. The lowest BCUT2D eigenvalue weighted by Gasteiger charge is -2.21. The highest BCUT2D eigenvalue weighted by Crippen LogP contribution is 2.22. The fourth-order valence-corrected chi connectivity index (χ4v) is 4.40. The van der Waals surface area contributed by atoms with Gasteiger partial charge in [-0.05, 0) is 47.6 Å². The molecular weight excluding hydrogens is 373 g/mol. The summed E-state index contributed by atoms with van der Waals surface area (Å²) in [5.74, 6) is 0.